The van der Waals surface area contributed by atoms with E-state index in [1.54, 1.807) is 7.11 Å². The summed E-state index contributed by atoms with van der Waals surface area (Å²) >= 11 is 0. The molecule has 3 rings (SSSR count). The summed E-state index contributed by atoms with van der Waals surface area (Å²) in [5.41, 5.74) is 4.02. The van der Waals surface area contributed by atoms with Gasteiger partial charge in [-0.2, -0.15) is 0 Å². The summed E-state index contributed by atoms with van der Waals surface area (Å²) in [7, 11) is 1.67. The van der Waals surface area contributed by atoms with E-state index in [1.165, 1.54) is 32.1 Å². The molecule has 2 heteroatoms. The predicted molar refractivity (Wildman–Crippen MR) is 118 cm³/mol. The van der Waals surface area contributed by atoms with Crippen molar-refractivity contribution in [1.29, 1.82) is 0 Å². The predicted octanol–water partition coefficient (Wildman–Crippen LogP) is 7.43. The largest absolute Gasteiger partial charge is 0.497 e. The first-order valence-corrected chi connectivity index (χ1v) is 10.5. The summed E-state index contributed by atoms with van der Waals surface area (Å²) in [6, 6.07) is 10.3. The van der Waals surface area contributed by atoms with Gasteiger partial charge < -0.3 is 9.72 Å². The molecule has 1 N–H and O–H groups in total. The van der Waals surface area contributed by atoms with Gasteiger partial charge in [0.2, 0.25) is 0 Å². The van der Waals surface area contributed by atoms with E-state index in [9.17, 15) is 0 Å². The first-order valence-electron chi connectivity index (χ1n) is 11.5. The van der Waals surface area contributed by atoms with Crippen molar-refractivity contribution in [1.82, 2.24) is 4.98 Å². The lowest BCUT2D eigenvalue weighted by Crippen LogP contribution is -2.01. The number of methoxy groups -OCH3 is 1. The summed E-state index contributed by atoms with van der Waals surface area (Å²) < 4.78 is 23.3. The van der Waals surface area contributed by atoms with Crippen molar-refractivity contribution >= 4 is 21.8 Å². The highest BCUT2D eigenvalue weighted by molar-refractivity contribution is 6.09. The average Bonchev–Trinajstić information content (AvgIpc) is 3.07. The van der Waals surface area contributed by atoms with Gasteiger partial charge in [0.15, 0.2) is 0 Å². The molecule has 0 aliphatic carbocycles. The molecule has 0 spiro atoms. The highest BCUT2D eigenvalue weighted by Gasteiger charge is 2.14. The summed E-state index contributed by atoms with van der Waals surface area (Å²) in [6.45, 7) is 6.20. The van der Waals surface area contributed by atoms with Gasteiger partial charge >= 0.3 is 0 Å². The van der Waals surface area contributed by atoms with E-state index in [0.717, 1.165) is 51.5 Å². The molecule has 0 saturated carbocycles. The van der Waals surface area contributed by atoms with Crippen LogP contribution in [0.1, 0.15) is 73.2 Å². The minimum Gasteiger partial charge on any atom is -0.497 e. The number of fused-ring (bicyclic) bond motifs is 3. The molecule has 0 bridgehead atoms. The Morgan fingerprint density at radius 2 is 1.78 bits per heavy atom. The van der Waals surface area contributed by atoms with Crippen molar-refractivity contribution in [2.45, 2.75) is 72.1 Å². The Kier molecular flexibility index (Phi) is 5.91. The van der Waals surface area contributed by atoms with Crippen LogP contribution in [0.3, 0.4) is 0 Å². The third kappa shape index (κ3) is 4.66. The number of H-pyrrole nitrogens is 1. The van der Waals surface area contributed by atoms with Gasteiger partial charge in [0.25, 0.3) is 0 Å². The van der Waals surface area contributed by atoms with Crippen LogP contribution in [-0.2, 0) is 12.8 Å². The second-order valence-corrected chi connectivity index (χ2v) is 7.88. The molecule has 0 aliphatic heterocycles. The number of hydrogen-bond donors (Lipinski definition) is 1. The molecule has 0 fully saturated rings. The van der Waals surface area contributed by atoms with Crippen molar-refractivity contribution in [2.75, 3.05) is 7.11 Å². The quantitative estimate of drug-likeness (QED) is 0.370. The highest BCUT2D eigenvalue weighted by Crippen LogP contribution is 2.34. The van der Waals surface area contributed by atoms with E-state index in [0.29, 0.717) is 0 Å². The lowest BCUT2D eigenvalue weighted by atomic mass is 9.91. The number of nitrogens with one attached hydrogen (secondary N) is 1. The Morgan fingerprint density at radius 3 is 2.52 bits per heavy atom. The molecular formula is C25H35NO. The summed E-state index contributed by atoms with van der Waals surface area (Å²) in [6.07, 6.45) is 7.04. The van der Waals surface area contributed by atoms with Gasteiger partial charge in [0, 0.05) is 25.1 Å². The maximum absolute atomic E-state index is 8.94. The Labute approximate surface area is 167 Å². The van der Waals surface area contributed by atoms with Crippen LogP contribution >= 0.6 is 0 Å². The molecule has 146 valence electrons. The van der Waals surface area contributed by atoms with E-state index in [4.69, 9.17) is 7.48 Å². The molecule has 0 saturated heterocycles. The molecular weight excluding hydrogens is 330 g/mol. The molecule has 0 atom stereocenters. The fraction of sp³-hybridized carbons (Fsp3) is 0.520. The number of aromatic amines is 1. The summed E-state index contributed by atoms with van der Waals surface area (Å²) in [5.74, 6) is 0.712. The van der Waals surface area contributed by atoms with Crippen molar-refractivity contribution in [3.8, 4) is 5.75 Å². The van der Waals surface area contributed by atoms with Gasteiger partial charge in [-0.25, -0.2) is 0 Å². The zero-order valence-corrected chi connectivity index (χ0v) is 17.3. The summed E-state index contributed by atoms with van der Waals surface area (Å²) in [5, 5.41) is 2.11. The molecule has 1 aromatic heterocycles. The van der Waals surface area contributed by atoms with Crippen molar-refractivity contribution < 1.29 is 7.48 Å². The lowest BCUT2D eigenvalue weighted by molar-refractivity contribution is 0.415. The van der Waals surface area contributed by atoms with E-state index >= 15 is 0 Å². The zero-order valence-electron chi connectivity index (χ0n) is 19.3. The third-order valence-electron chi connectivity index (χ3n) is 5.29. The fourth-order valence-electron chi connectivity index (χ4n) is 3.90. The first kappa shape index (κ1) is 17.2. The van der Waals surface area contributed by atoms with Crippen molar-refractivity contribution in [2.24, 2.45) is 5.92 Å². The van der Waals surface area contributed by atoms with E-state index in [1.807, 2.05) is 26.0 Å². The van der Waals surface area contributed by atoms with Crippen molar-refractivity contribution in [3.05, 3.63) is 41.5 Å². The SMILES string of the molecule is [2H]C([2H])(c1c(CCCCCCCC)ccc2[nH]c3cc(OC)ccc3c12)C(C)C. The maximum Gasteiger partial charge on any atom is 0.120 e. The number of unbranched alkanes of at least 4 members (excludes halogenated alkanes) is 5. The number of rotatable bonds is 10. The molecule has 1 heterocycles. The molecule has 0 unspecified atom stereocenters. The number of aromatic nitrogens is 1. The number of aryl methyl sites for hydroxylation is 1. The smallest absolute Gasteiger partial charge is 0.120 e. The van der Waals surface area contributed by atoms with Crippen LogP contribution < -0.4 is 4.74 Å². The van der Waals surface area contributed by atoms with Gasteiger partial charge in [0.1, 0.15) is 5.75 Å². The first-order chi connectivity index (χ1) is 13.9. The molecule has 27 heavy (non-hydrogen) atoms. The second kappa shape index (κ2) is 9.30. The average molecular weight is 368 g/mol. The zero-order chi connectivity index (χ0) is 21.0. The van der Waals surface area contributed by atoms with Gasteiger partial charge in [0.05, 0.1) is 12.6 Å². The second-order valence-electron chi connectivity index (χ2n) is 7.88. The molecule has 0 radical (unpaired) electrons. The van der Waals surface area contributed by atoms with Crippen LogP contribution in [-0.4, -0.2) is 12.1 Å². The fourth-order valence-corrected chi connectivity index (χ4v) is 3.90. The highest BCUT2D eigenvalue weighted by atomic mass is 16.5. The van der Waals surface area contributed by atoms with Crippen LogP contribution in [0.2, 0.25) is 0 Å². The van der Waals surface area contributed by atoms with Crippen LogP contribution in [0.5, 0.6) is 5.75 Å². The molecule has 3 aromatic rings. The molecule has 2 aromatic carbocycles. The van der Waals surface area contributed by atoms with Gasteiger partial charge in [-0.3, -0.25) is 0 Å². The van der Waals surface area contributed by atoms with Crippen LogP contribution in [0.25, 0.3) is 21.8 Å². The number of benzene rings is 2. The number of ether oxygens (including phenoxy) is 1. The standard InChI is InChI=1S/C25H35NO/c1-5-6-7-8-9-10-11-19-12-15-23-25(22(19)16-18(2)3)21-14-13-20(27-4)17-24(21)26-23/h12-15,17-18,26H,5-11,16H2,1-4H3/i16D2. The van der Waals surface area contributed by atoms with Gasteiger partial charge in [-0.15, -0.1) is 0 Å². The Bertz CT molecular complexity index is 958. The Balaban J connectivity index is 2.05. The van der Waals surface area contributed by atoms with E-state index in [-0.39, 0.29) is 5.92 Å². The van der Waals surface area contributed by atoms with E-state index < -0.39 is 6.37 Å². The van der Waals surface area contributed by atoms with Gasteiger partial charge in [-0.05, 0) is 54.5 Å². The third-order valence-corrected chi connectivity index (χ3v) is 5.29. The lowest BCUT2D eigenvalue weighted by Gasteiger charge is -2.14. The Hall–Kier alpha value is -1.96. The summed E-state index contributed by atoms with van der Waals surface area (Å²) in [4.78, 5) is 3.48. The van der Waals surface area contributed by atoms with Crippen LogP contribution in [0.4, 0.5) is 0 Å². The number of hydrogen-bond acceptors (Lipinski definition) is 1. The van der Waals surface area contributed by atoms with Crippen LogP contribution in [0.15, 0.2) is 30.3 Å². The minimum atomic E-state index is -1.38. The van der Waals surface area contributed by atoms with E-state index in [2.05, 4.69) is 30.1 Å². The minimum absolute atomic E-state index is 0.0976. The van der Waals surface area contributed by atoms with Crippen LogP contribution in [0, 0.1) is 5.92 Å². The normalized spacial score (nSPS) is 13.4. The van der Waals surface area contributed by atoms with Gasteiger partial charge in [-0.1, -0.05) is 58.9 Å². The Morgan fingerprint density at radius 1 is 1.00 bits per heavy atom. The molecule has 2 nitrogen and oxygen atoms in total. The maximum atomic E-state index is 8.94. The topological polar surface area (TPSA) is 25.0 Å². The molecule has 0 aliphatic rings. The monoisotopic (exact) mass is 367 g/mol. The molecule has 0 amide bonds. The van der Waals surface area contributed by atoms with Crippen molar-refractivity contribution in [3.63, 3.8) is 0 Å².